The van der Waals surface area contributed by atoms with Crippen molar-refractivity contribution in [2.45, 2.75) is 46.5 Å². The number of hydrogen-bond acceptors (Lipinski definition) is 1. The van der Waals surface area contributed by atoms with Gasteiger partial charge in [-0.15, -0.1) is 0 Å². The second-order valence-corrected chi connectivity index (χ2v) is 4.14. The molecule has 0 saturated carbocycles. The monoisotopic (exact) mass is 204 g/mol. The molecule has 0 bridgehead atoms. The van der Waals surface area contributed by atoms with Gasteiger partial charge in [-0.3, -0.25) is 4.79 Å². The van der Waals surface area contributed by atoms with Gasteiger partial charge in [0.05, 0.1) is 0 Å². The first kappa shape index (κ1) is 12.0. The number of carbonyl (C=O) groups is 1. The molecule has 0 amide bonds. The fraction of sp³-hybridized carbons (Fsp3) is 0.500. The van der Waals surface area contributed by atoms with Crippen LogP contribution in [-0.4, -0.2) is 5.78 Å². The number of hydrogen-bond donors (Lipinski definition) is 0. The second-order valence-electron chi connectivity index (χ2n) is 4.14. The predicted molar refractivity (Wildman–Crippen MR) is 64.5 cm³/mol. The quantitative estimate of drug-likeness (QED) is 0.675. The fourth-order valence-corrected chi connectivity index (χ4v) is 2.03. The first-order valence-electron chi connectivity index (χ1n) is 5.71. The van der Waals surface area contributed by atoms with Gasteiger partial charge in [-0.25, -0.2) is 0 Å². The molecule has 0 unspecified atom stereocenters. The lowest BCUT2D eigenvalue weighted by Gasteiger charge is -2.16. The molecule has 1 nitrogen and oxygen atoms in total. The second kappa shape index (κ2) is 5.11. The third-order valence-corrected chi connectivity index (χ3v) is 3.11. The van der Waals surface area contributed by atoms with Gasteiger partial charge in [0.2, 0.25) is 0 Å². The van der Waals surface area contributed by atoms with E-state index in [4.69, 9.17) is 0 Å². The summed E-state index contributed by atoms with van der Waals surface area (Å²) in [4.78, 5) is 11.3. The fourth-order valence-electron chi connectivity index (χ4n) is 2.03. The summed E-state index contributed by atoms with van der Waals surface area (Å²) < 4.78 is 0. The molecule has 0 atom stereocenters. The van der Waals surface area contributed by atoms with Crippen LogP contribution < -0.4 is 0 Å². The molecular weight excluding hydrogens is 184 g/mol. The highest BCUT2D eigenvalue weighted by Crippen LogP contribution is 2.26. The molecule has 0 heterocycles. The molecule has 0 N–H and O–H groups in total. The van der Waals surface area contributed by atoms with Gasteiger partial charge >= 0.3 is 0 Å². The highest BCUT2D eigenvalue weighted by Gasteiger charge is 2.11. The van der Waals surface area contributed by atoms with Gasteiger partial charge in [0.25, 0.3) is 0 Å². The van der Waals surface area contributed by atoms with Crippen molar-refractivity contribution in [1.29, 1.82) is 0 Å². The van der Waals surface area contributed by atoms with Gasteiger partial charge in [-0.1, -0.05) is 26.0 Å². The molecule has 0 fully saturated rings. The number of carbonyl (C=O) groups excluding carboxylic acids is 1. The molecule has 15 heavy (non-hydrogen) atoms. The summed E-state index contributed by atoms with van der Waals surface area (Å²) in [5.41, 5.74) is 3.48. The lowest BCUT2D eigenvalue weighted by atomic mass is 9.89. The van der Waals surface area contributed by atoms with Crippen LogP contribution in [0.25, 0.3) is 0 Å². The van der Waals surface area contributed by atoms with Crippen molar-refractivity contribution >= 4 is 5.78 Å². The van der Waals surface area contributed by atoms with E-state index in [1.165, 1.54) is 11.1 Å². The molecule has 1 rings (SSSR count). The average molecular weight is 204 g/mol. The minimum absolute atomic E-state index is 0.155. The maximum atomic E-state index is 11.3. The third-order valence-electron chi connectivity index (χ3n) is 3.11. The van der Waals surface area contributed by atoms with Gasteiger partial charge in [0, 0.05) is 5.56 Å². The number of rotatable bonds is 4. The Morgan fingerprint density at radius 1 is 1.27 bits per heavy atom. The van der Waals surface area contributed by atoms with Gasteiger partial charge < -0.3 is 0 Å². The Labute approximate surface area is 92.5 Å². The largest absolute Gasteiger partial charge is 0.295 e. The summed E-state index contributed by atoms with van der Waals surface area (Å²) in [6, 6.07) is 6.04. The van der Waals surface area contributed by atoms with Crippen LogP contribution in [0, 0.1) is 6.92 Å². The predicted octanol–water partition coefficient (Wildman–Crippen LogP) is 4.10. The summed E-state index contributed by atoms with van der Waals surface area (Å²) in [7, 11) is 0. The highest BCUT2D eigenvalue weighted by atomic mass is 16.1. The lowest BCUT2D eigenvalue weighted by Crippen LogP contribution is -2.01. The van der Waals surface area contributed by atoms with Crippen molar-refractivity contribution in [3.8, 4) is 0 Å². The minimum Gasteiger partial charge on any atom is -0.295 e. The van der Waals surface area contributed by atoms with Crippen LogP contribution in [0.15, 0.2) is 18.2 Å². The van der Waals surface area contributed by atoms with E-state index in [0.29, 0.717) is 5.92 Å². The lowest BCUT2D eigenvalue weighted by molar-refractivity contribution is 0.101. The van der Waals surface area contributed by atoms with Crippen LogP contribution in [0.2, 0.25) is 0 Å². The zero-order chi connectivity index (χ0) is 11.4. The topological polar surface area (TPSA) is 17.1 Å². The van der Waals surface area contributed by atoms with E-state index in [1.807, 2.05) is 6.07 Å². The molecule has 1 heteroatoms. The summed E-state index contributed by atoms with van der Waals surface area (Å²) in [5, 5.41) is 0. The van der Waals surface area contributed by atoms with E-state index in [2.05, 4.69) is 32.9 Å². The molecule has 0 spiro atoms. The third kappa shape index (κ3) is 2.68. The molecule has 1 aromatic carbocycles. The molecule has 0 aliphatic carbocycles. The van der Waals surface area contributed by atoms with Crippen LogP contribution in [-0.2, 0) is 0 Å². The minimum atomic E-state index is 0.155. The Morgan fingerprint density at radius 2 is 1.87 bits per heavy atom. The number of aryl methyl sites for hydroxylation is 1. The van der Waals surface area contributed by atoms with E-state index in [1.54, 1.807) is 6.92 Å². The number of Topliss-reactive ketones (excluding diaryl/α,β-unsaturated/α-hetero) is 1. The first-order valence-corrected chi connectivity index (χ1v) is 5.71. The van der Waals surface area contributed by atoms with E-state index < -0.39 is 0 Å². The Balaban J connectivity index is 3.15. The summed E-state index contributed by atoms with van der Waals surface area (Å²) >= 11 is 0. The van der Waals surface area contributed by atoms with Gasteiger partial charge in [0.15, 0.2) is 5.78 Å². The standard InChI is InChI=1S/C14H20O/c1-5-12(6-2)14-9-13(11(4)15)8-7-10(14)3/h7-9,12H,5-6H2,1-4H3. The van der Waals surface area contributed by atoms with Crippen molar-refractivity contribution in [3.63, 3.8) is 0 Å². The molecular formula is C14H20O. The van der Waals surface area contributed by atoms with Crippen LogP contribution in [0.3, 0.4) is 0 Å². The average Bonchev–Trinajstić information content (AvgIpc) is 2.22. The SMILES string of the molecule is CCC(CC)c1cc(C(C)=O)ccc1C. The first-order chi connectivity index (χ1) is 7.10. The smallest absolute Gasteiger partial charge is 0.159 e. The van der Waals surface area contributed by atoms with Gasteiger partial charge in [0.1, 0.15) is 0 Å². The van der Waals surface area contributed by atoms with Gasteiger partial charge in [-0.05, 0) is 49.8 Å². The maximum Gasteiger partial charge on any atom is 0.159 e. The highest BCUT2D eigenvalue weighted by molar-refractivity contribution is 5.94. The summed E-state index contributed by atoms with van der Waals surface area (Å²) in [6.07, 6.45) is 2.28. The van der Waals surface area contributed by atoms with Crippen molar-refractivity contribution in [1.82, 2.24) is 0 Å². The summed E-state index contributed by atoms with van der Waals surface area (Å²) in [5.74, 6) is 0.742. The number of benzene rings is 1. The van der Waals surface area contributed by atoms with Crippen LogP contribution in [0.5, 0.6) is 0 Å². The van der Waals surface area contributed by atoms with E-state index >= 15 is 0 Å². The van der Waals surface area contributed by atoms with Gasteiger partial charge in [-0.2, -0.15) is 0 Å². The molecule has 0 aliphatic rings. The van der Waals surface area contributed by atoms with Crippen molar-refractivity contribution in [3.05, 3.63) is 34.9 Å². The Kier molecular flexibility index (Phi) is 4.07. The van der Waals surface area contributed by atoms with E-state index in [9.17, 15) is 4.79 Å². The Morgan fingerprint density at radius 3 is 2.33 bits per heavy atom. The molecule has 0 aromatic heterocycles. The summed E-state index contributed by atoms with van der Waals surface area (Å²) in [6.45, 7) is 8.15. The van der Waals surface area contributed by atoms with Crippen LogP contribution in [0.1, 0.15) is 61.0 Å². The molecule has 0 radical (unpaired) electrons. The molecule has 0 saturated heterocycles. The number of ketones is 1. The molecule has 82 valence electrons. The van der Waals surface area contributed by atoms with E-state index in [0.717, 1.165) is 18.4 Å². The van der Waals surface area contributed by atoms with Crippen LogP contribution >= 0.6 is 0 Å². The molecule has 1 aromatic rings. The zero-order valence-corrected chi connectivity index (χ0v) is 10.1. The van der Waals surface area contributed by atoms with Crippen molar-refractivity contribution < 1.29 is 4.79 Å². The van der Waals surface area contributed by atoms with E-state index in [-0.39, 0.29) is 5.78 Å². The Hall–Kier alpha value is -1.11. The van der Waals surface area contributed by atoms with Crippen molar-refractivity contribution in [2.75, 3.05) is 0 Å². The Bertz CT molecular complexity index is 348. The normalized spacial score (nSPS) is 10.7. The zero-order valence-electron chi connectivity index (χ0n) is 10.1. The maximum absolute atomic E-state index is 11.3. The van der Waals surface area contributed by atoms with Crippen LogP contribution in [0.4, 0.5) is 0 Å². The van der Waals surface area contributed by atoms with Crippen molar-refractivity contribution in [2.24, 2.45) is 0 Å². The molecule has 0 aliphatic heterocycles.